The molecule has 0 unspecified atom stereocenters. The summed E-state index contributed by atoms with van der Waals surface area (Å²) in [5, 5.41) is 4.69. The van der Waals surface area contributed by atoms with E-state index in [-0.39, 0.29) is 5.56 Å². The van der Waals surface area contributed by atoms with Crippen LogP contribution in [0.3, 0.4) is 0 Å². The highest BCUT2D eigenvalue weighted by atomic mass is 32.2. The number of nitrogens with zero attached hydrogens (tertiary/aromatic N) is 5. The quantitative estimate of drug-likeness (QED) is 0.355. The molecule has 0 radical (unpaired) electrons. The summed E-state index contributed by atoms with van der Waals surface area (Å²) in [5.74, 6) is 2.91. The van der Waals surface area contributed by atoms with Crippen molar-refractivity contribution in [3.05, 3.63) is 53.9 Å². The number of aromatic nitrogens is 4. The standard InChI is InChI=1S/C26H27F3N6O2S/c1-16-24(18-13-19(26(27,28)29)25(30)31-15-18)35-23(32-16)6-4-20(33-35)17-3-5-21(22(14-17)36-2)37-10-7-34-8-11-38-12-9-34/h3-6,13-15H,7-12H2,1-2H3,(H2,30,31). The zero-order valence-electron chi connectivity index (χ0n) is 21.0. The van der Waals surface area contributed by atoms with E-state index in [2.05, 4.69) is 14.9 Å². The topological polar surface area (TPSA) is 90.8 Å². The van der Waals surface area contributed by atoms with Crippen molar-refractivity contribution >= 4 is 23.2 Å². The lowest BCUT2D eigenvalue weighted by molar-refractivity contribution is -0.137. The van der Waals surface area contributed by atoms with Crippen molar-refractivity contribution in [2.75, 3.05) is 50.6 Å². The Bertz CT molecular complexity index is 1450. The van der Waals surface area contributed by atoms with Gasteiger partial charge < -0.3 is 15.2 Å². The van der Waals surface area contributed by atoms with Crippen LogP contribution < -0.4 is 15.2 Å². The average Bonchev–Trinajstić information content (AvgIpc) is 3.24. The molecule has 0 aliphatic carbocycles. The Labute approximate surface area is 222 Å². The van der Waals surface area contributed by atoms with Gasteiger partial charge in [-0.15, -0.1) is 0 Å². The molecule has 1 aliphatic rings. The number of halogens is 3. The van der Waals surface area contributed by atoms with Crippen LogP contribution in [0.25, 0.3) is 28.2 Å². The van der Waals surface area contributed by atoms with Crippen molar-refractivity contribution in [3.8, 4) is 34.0 Å². The number of benzene rings is 1. The van der Waals surface area contributed by atoms with E-state index in [0.29, 0.717) is 40.8 Å². The number of thioether (sulfide) groups is 1. The number of anilines is 1. The van der Waals surface area contributed by atoms with Crippen LogP contribution in [0.4, 0.5) is 19.0 Å². The largest absolute Gasteiger partial charge is 0.493 e. The van der Waals surface area contributed by atoms with Gasteiger partial charge in [-0.2, -0.15) is 30.0 Å². The molecule has 12 heteroatoms. The monoisotopic (exact) mass is 544 g/mol. The van der Waals surface area contributed by atoms with Crippen molar-refractivity contribution in [1.29, 1.82) is 0 Å². The van der Waals surface area contributed by atoms with Crippen LogP contribution in [0.2, 0.25) is 0 Å². The van der Waals surface area contributed by atoms with Gasteiger partial charge >= 0.3 is 6.18 Å². The van der Waals surface area contributed by atoms with Gasteiger partial charge in [0.15, 0.2) is 17.1 Å². The maximum Gasteiger partial charge on any atom is 0.419 e. The molecule has 1 aromatic carbocycles. The summed E-state index contributed by atoms with van der Waals surface area (Å²) in [6.45, 7) is 5.25. The van der Waals surface area contributed by atoms with E-state index in [1.165, 1.54) is 10.7 Å². The van der Waals surface area contributed by atoms with Crippen LogP contribution >= 0.6 is 11.8 Å². The normalized spacial score (nSPS) is 14.7. The number of fused-ring (bicyclic) bond motifs is 1. The molecule has 8 nitrogen and oxygen atoms in total. The third kappa shape index (κ3) is 5.37. The molecular weight excluding hydrogens is 517 g/mol. The van der Waals surface area contributed by atoms with E-state index in [1.54, 1.807) is 26.2 Å². The zero-order valence-corrected chi connectivity index (χ0v) is 21.8. The van der Waals surface area contributed by atoms with Gasteiger partial charge in [-0.3, -0.25) is 4.90 Å². The van der Waals surface area contributed by atoms with E-state index in [9.17, 15) is 13.2 Å². The van der Waals surface area contributed by atoms with Gasteiger partial charge in [-0.1, -0.05) is 0 Å². The van der Waals surface area contributed by atoms with E-state index in [4.69, 9.17) is 20.3 Å². The van der Waals surface area contributed by atoms with Gasteiger partial charge in [-0.05, 0) is 43.3 Å². The Morgan fingerprint density at radius 3 is 2.58 bits per heavy atom. The van der Waals surface area contributed by atoms with Crippen LogP contribution in [0.5, 0.6) is 11.5 Å². The molecular formula is C26H27F3N6O2S. The van der Waals surface area contributed by atoms with E-state index >= 15 is 0 Å². The second-order valence-corrected chi connectivity index (χ2v) is 10.1. The molecule has 4 aromatic rings. The fourth-order valence-corrected chi connectivity index (χ4v) is 5.39. The maximum absolute atomic E-state index is 13.5. The van der Waals surface area contributed by atoms with Gasteiger partial charge in [0.1, 0.15) is 12.4 Å². The van der Waals surface area contributed by atoms with Crippen molar-refractivity contribution in [2.45, 2.75) is 13.1 Å². The molecule has 200 valence electrons. The number of pyridine rings is 1. The molecule has 0 amide bonds. The van der Waals surface area contributed by atoms with Crippen LogP contribution in [-0.4, -0.2) is 69.3 Å². The minimum atomic E-state index is -4.63. The van der Waals surface area contributed by atoms with Gasteiger partial charge in [0, 0.05) is 48.5 Å². The lowest BCUT2D eigenvalue weighted by Crippen LogP contribution is -2.35. The fraction of sp³-hybridized carbons (Fsp3) is 0.346. The molecule has 0 saturated carbocycles. The fourth-order valence-electron chi connectivity index (χ4n) is 4.42. The summed E-state index contributed by atoms with van der Waals surface area (Å²) in [5.41, 5.74) is 7.47. The van der Waals surface area contributed by atoms with Gasteiger partial charge in [0.05, 0.1) is 29.8 Å². The summed E-state index contributed by atoms with van der Waals surface area (Å²) in [4.78, 5) is 10.6. The SMILES string of the molecule is COc1cc(-c2ccc3nc(C)c(-c4cnc(N)c(C(F)(F)F)c4)n3n2)ccc1OCCN1CCSCC1. The summed E-state index contributed by atoms with van der Waals surface area (Å²) >= 11 is 1.97. The zero-order chi connectivity index (χ0) is 26.9. The molecule has 2 N–H and O–H groups in total. The number of methoxy groups -OCH3 is 1. The van der Waals surface area contributed by atoms with E-state index in [1.807, 2.05) is 30.0 Å². The molecule has 3 aromatic heterocycles. The summed E-state index contributed by atoms with van der Waals surface area (Å²) in [6.07, 6.45) is -3.33. The van der Waals surface area contributed by atoms with Crippen molar-refractivity contribution in [2.24, 2.45) is 0 Å². The van der Waals surface area contributed by atoms with Crippen molar-refractivity contribution in [1.82, 2.24) is 24.5 Å². The number of ether oxygens (including phenoxy) is 2. The van der Waals surface area contributed by atoms with Gasteiger partial charge in [0.2, 0.25) is 0 Å². The molecule has 1 aliphatic heterocycles. The van der Waals surface area contributed by atoms with Crippen LogP contribution in [0.15, 0.2) is 42.6 Å². The number of nitrogen functional groups attached to an aromatic ring is 1. The lowest BCUT2D eigenvalue weighted by atomic mass is 10.1. The van der Waals surface area contributed by atoms with Crippen molar-refractivity contribution < 1.29 is 22.6 Å². The minimum Gasteiger partial charge on any atom is -0.493 e. The molecule has 0 atom stereocenters. The van der Waals surface area contributed by atoms with Gasteiger partial charge in [0.25, 0.3) is 0 Å². The van der Waals surface area contributed by atoms with E-state index < -0.39 is 17.6 Å². The maximum atomic E-state index is 13.5. The number of nitrogens with two attached hydrogens (primary N) is 1. The first-order chi connectivity index (χ1) is 18.2. The molecule has 4 heterocycles. The highest BCUT2D eigenvalue weighted by molar-refractivity contribution is 7.99. The summed E-state index contributed by atoms with van der Waals surface area (Å²) in [7, 11) is 1.58. The predicted octanol–water partition coefficient (Wildman–Crippen LogP) is 4.80. The number of hydrogen-bond donors (Lipinski definition) is 1. The van der Waals surface area contributed by atoms with Crippen molar-refractivity contribution in [3.63, 3.8) is 0 Å². The summed E-state index contributed by atoms with van der Waals surface area (Å²) in [6, 6.07) is 10.1. The minimum absolute atomic E-state index is 0.217. The average molecular weight is 545 g/mol. The third-order valence-electron chi connectivity index (χ3n) is 6.38. The molecule has 0 bridgehead atoms. The second kappa shape index (κ2) is 10.7. The molecule has 0 spiro atoms. The highest BCUT2D eigenvalue weighted by Gasteiger charge is 2.34. The van der Waals surface area contributed by atoms with Crippen LogP contribution in [-0.2, 0) is 6.18 Å². The van der Waals surface area contributed by atoms with Gasteiger partial charge in [-0.25, -0.2) is 14.5 Å². The predicted molar refractivity (Wildman–Crippen MR) is 142 cm³/mol. The molecule has 38 heavy (non-hydrogen) atoms. The first-order valence-electron chi connectivity index (χ1n) is 12.1. The number of imidazole rings is 1. The number of alkyl halides is 3. The number of hydrogen-bond acceptors (Lipinski definition) is 8. The van der Waals surface area contributed by atoms with Crippen LogP contribution in [0.1, 0.15) is 11.3 Å². The van der Waals surface area contributed by atoms with Crippen LogP contribution in [0, 0.1) is 6.92 Å². The Hall–Kier alpha value is -3.51. The molecule has 1 fully saturated rings. The summed E-state index contributed by atoms with van der Waals surface area (Å²) < 4.78 is 53.5. The molecule has 1 saturated heterocycles. The highest BCUT2D eigenvalue weighted by Crippen LogP contribution is 2.36. The smallest absolute Gasteiger partial charge is 0.419 e. The lowest BCUT2D eigenvalue weighted by Gasteiger charge is -2.26. The Kier molecular flexibility index (Phi) is 7.35. The Morgan fingerprint density at radius 1 is 1.05 bits per heavy atom. The number of aryl methyl sites for hydroxylation is 1. The molecule has 5 rings (SSSR count). The Balaban J connectivity index is 1.44. The number of rotatable bonds is 7. The third-order valence-corrected chi connectivity index (χ3v) is 7.32. The second-order valence-electron chi connectivity index (χ2n) is 8.86. The Morgan fingerprint density at radius 2 is 1.84 bits per heavy atom. The van der Waals surface area contributed by atoms with E-state index in [0.717, 1.165) is 42.8 Å². The first kappa shape index (κ1) is 26.1. The first-order valence-corrected chi connectivity index (χ1v) is 13.2.